The summed E-state index contributed by atoms with van der Waals surface area (Å²) in [5.74, 6) is -6.55. The van der Waals surface area contributed by atoms with Gasteiger partial charge in [-0.25, -0.2) is 9.59 Å². The largest absolute Gasteiger partial charge is 0.508 e. The molecule has 0 radical (unpaired) electrons. The van der Waals surface area contributed by atoms with E-state index < -0.39 is 59.7 Å². The monoisotopic (exact) mass is 1300 g/mol. The molecule has 0 aliphatic carbocycles. The number of aromatic hydroxyl groups is 1. The average Bonchev–Trinajstić information content (AvgIpc) is 2.95. The van der Waals surface area contributed by atoms with Gasteiger partial charge in [0.15, 0.2) is 0 Å². The van der Waals surface area contributed by atoms with Gasteiger partial charge in [-0.1, -0.05) is 89.2 Å². The number of hydrogen-bond acceptors (Lipinski definition) is 20. The molecule has 0 saturated carbocycles. The second-order valence-corrected chi connectivity index (χ2v) is 21.1. The summed E-state index contributed by atoms with van der Waals surface area (Å²) in [4.78, 5) is 131. The number of phenols is 1. The summed E-state index contributed by atoms with van der Waals surface area (Å²) in [6.07, 6.45) is 14.6. The van der Waals surface area contributed by atoms with Crippen molar-refractivity contribution in [1.82, 2.24) is 37.2 Å². The van der Waals surface area contributed by atoms with E-state index in [9.17, 15) is 68.1 Å². The first-order valence-electron chi connectivity index (χ1n) is 31.5. The smallest absolute Gasteiger partial charge is 0.326 e. The van der Waals surface area contributed by atoms with Gasteiger partial charge in [0, 0.05) is 51.9 Å². The number of phenolic OH excluding ortho intramolecular Hbond substituents is 1. The summed E-state index contributed by atoms with van der Waals surface area (Å²) in [5, 5.41) is 55.1. The SMILES string of the molecule is O=C[C@H](Cc1ccc(O)cc1)NC(=O)COCCOCCNC(=O)COCCOCCNC(=O)COCCOCCNC(=O)COCCOCCNC(=O)CC[C@@H](NC(=O)CC[C@H](NC(=O)CCCCCCCCCCCCCCCCC(=O)O)C(=O)O)C(=O)O. The van der Waals surface area contributed by atoms with Crippen LogP contribution >= 0.6 is 0 Å². The Kier molecular flexibility index (Phi) is 51.4. The molecule has 0 spiro atoms. The first kappa shape index (κ1) is 82.1. The van der Waals surface area contributed by atoms with Crippen LogP contribution in [-0.4, -0.2) is 236 Å². The zero-order valence-corrected chi connectivity index (χ0v) is 52.7. The molecule has 91 heavy (non-hydrogen) atoms. The van der Waals surface area contributed by atoms with Crippen molar-refractivity contribution in [2.75, 3.05) is 132 Å². The fourth-order valence-electron chi connectivity index (χ4n) is 8.38. The predicted octanol–water partition coefficient (Wildman–Crippen LogP) is 1.24. The lowest BCUT2D eigenvalue weighted by atomic mass is 10.0. The average molecular weight is 1300 g/mol. The Balaban J connectivity index is 1.94. The Labute approximate surface area is 532 Å². The number of ether oxygens (including phenoxy) is 8. The van der Waals surface area contributed by atoms with Crippen LogP contribution in [0.2, 0.25) is 0 Å². The lowest BCUT2D eigenvalue weighted by Gasteiger charge is -2.17. The van der Waals surface area contributed by atoms with E-state index in [-0.39, 0.29) is 200 Å². The van der Waals surface area contributed by atoms with E-state index in [1.165, 1.54) is 37.8 Å². The Morgan fingerprint density at radius 2 is 0.681 bits per heavy atom. The fourth-order valence-corrected chi connectivity index (χ4v) is 8.38. The Morgan fingerprint density at radius 1 is 0.363 bits per heavy atom. The molecule has 0 bridgehead atoms. The molecule has 11 N–H and O–H groups in total. The quantitative estimate of drug-likeness (QED) is 0.0323. The summed E-state index contributed by atoms with van der Waals surface area (Å²) >= 11 is 0. The van der Waals surface area contributed by atoms with Crippen molar-refractivity contribution in [3.63, 3.8) is 0 Å². The number of nitrogens with one attached hydrogen (secondary N) is 7. The van der Waals surface area contributed by atoms with Gasteiger partial charge in [0.05, 0.1) is 85.3 Å². The molecular formula is C61H101N7O23. The molecule has 0 saturated heterocycles. The summed E-state index contributed by atoms with van der Waals surface area (Å²) in [7, 11) is 0. The van der Waals surface area contributed by atoms with Crippen LogP contribution in [0.1, 0.15) is 134 Å². The van der Waals surface area contributed by atoms with Crippen molar-refractivity contribution < 1.29 is 111 Å². The molecule has 1 aromatic carbocycles. The molecule has 0 heterocycles. The molecule has 30 nitrogen and oxygen atoms in total. The van der Waals surface area contributed by atoms with Gasteiger partial charge < -0.3 is 100 Å². The van der Waals surface area contributed by atoms with E-state index in [0.29, 0.717) is 12.7 Å². The zero-order chi connectivity index (χ0) is 66.8. The summed E-state index contributed by atoms with van der Waals surface area (Å²) in [5.41, 5.74) is 0.774. The van der Waals surface area contributed by atoms with Crippen LogP contribution in [0.5, 0.6) is 5.75 Å². The molecular weight excluding hydrogens is 1200 g/mol. The Hall–Kier alpha value is -6.93. The first-order chi connectivity index (χ1) is 44.0. The highest BCUT2D eigenvalue weighted by atomic mass is 16.5. The minimum Gasteiger partial charge on any atom is -0.508 e. The van der Waals surface area contributed by atoms with Gasteiger partial charge in [0.25, 0.3) is 0 Å². The van der Waals surface area contributed by atoms with Crippen LogP contribution in [0.3, 0.4) is 0 Å². The number of aliphatic carboxylic acids is 3. The Morgan fingerprint density at radius 3 is 1.04 bits per heavy atom. The molecule has 30 heteroatoms. The molecule has 0 unspecified atom stereocenters. The van der Waals surface area contributed by atoms with Gasteiger partial charge in [-0.2, -0.15) is 0 Å². The molecule has 1 aromatic rings. The van der Waals surface area contributed by atoms with Gasteiger partial charge in [-0.05, 0) is 49.8 Å². The van der Waals surface area contributed by atoms with Crippen molar-refractivity contribution >= 4 is 65.5 Å². The normalized spacial score (nSPS) is 12.0. The second kappa shape index (κ2) is 57.0. The predicted molar refractivity (Wildman–Crippen MR) is 328 cm³/mol. The molecule has 1 rings (SSSR count). The summed E-state index contributed by atoms with van der Waals surface area (Å²) in [6.45, 7) is 1.77. The van der Waals surface area contributed by atoms with Crippen molar-refractivity contribution in [2.24, 2.45) is 0 Å². The maximum absolute atomic E-state index is 12.6. The summed E-state index contributed by atoms with van der Waals surface area (Å²) < 4.78 is 42.6. The van der Waals surface area contributed by atoms with Gasteiger partial charge in [0.2, 0.25) is 41.4 Å². The van der Waals surface area contributed by atoms with E-state index in [0.717, 1.165) is 63.4 Å². The second-order valence-electron chi connectivity index (χ2n) is 21.1. The third-order valence-electron chi connectivity index (χ3n) is 13.2. The molecule has 0 fully saturated rings. The molecule has 0 aliphatic rings. The minimum atomic E-state index is -1.41. The van der Waals surface area contributed by atoms with Crippen LogP contribution in [-0.2, 0) is 97.1 Å². The van der Waals surface area contributed by atoms with Crippen LogP contribution in [0, 0.1) is 0 Å². The number of benzene rings is 1. The van der Waals surface area contributed by atoms with E-state index in [2.05, 4.69) is 37.2 Å². The number of aldehydes is 1. The van der Waals surface area contributed by atoms with E-state index >= 15 is 0 Å². The van der Waals surface area contributed by atoms with E-state index in [1.54, 1.807) is 12.1 Å². The molecule has 0 aliphatic heterocycles. The maximum atomic E-state index is 12.6. The number of carboxylic acids is 3. The molecule has 0 aromatic heterocycles. The molecule has 7 amide bonds. The van der Waals surface area contributed by atoms with Gasteiger partial charge in [-0.3, -0.25) is 38.4 Å². The number of amides is 7. The fraction of sp³-hybridized carbons (Fsp3) is 0.721. The van der Waals surface area contributed by atoms with Gasteiger partial charge in [-0.15, -0.1) is 0 Å². The number of carbonyl (C=O) groups excluding carboxylic acids is 8. The van der Waals surface area contributed by atoms with Crippen LogP contribution in [0.15, 0.2) is 24.3 Å². The number of hydrogen-bond donors (Lipinski definition) is 11. The zero-order valence-electron chi connectivity index (χ0n) is 52.7. The van der Waals surface area contributed by atoms with Crippen molar-refractivity contribution in [2.45, 2.75) is 153 Å². The highest BCUT2D eigenvalue weighted by Crippen LogP contribution is 2.15. The third-order valence-corrected chi connectivity index (χ3v) is 13.2. The van der Waals surface area contributed by atoms with Crippen molar-refractivity contribution in [3.8, 4) is 5.75 Å². The van der Waals surface area contributed by atoms with Crippen LogP contribution in [0.4, 0.5) is 0 Å². The number of rotatable bonds is 63. The van der Waals surface area contributed by atoms with Gasteiger partial charge >= 0.3 is 17.9 Å². The van der Waals surface area contributed by atoms with E-state index in [1.807, 2.05) is 0 Å². The number of carbonyl (C=O) groups is 11. The standard InChI is InChI=1S/C61H101N7O23/c69-42-48(41-47-17-19-49(70)20-18-47)66-58(77)46-91-40-36-87-32-28-65-57(76)45-90-39-35-86-31-27-64-56(75)44-89-38-34-85-30-26-63-55(74)43-88-37-33-84-29-25-62-52(71)23-21-50(60(80)81)68-54(73)24-22-51(61(82)83)67-53(72)15-13-11-9-7-5-3-1-2-4-6-8-10-12-14-16-59(78)79/h17-20,42,48,50-51,70H,1-16,21-41,43-46H2,(H,62,71)(H,63,74)(H,64,75)(H,65,76)(H,66,77)(H,67,72)(H,68,73)(H,78,79)(H,80,81)(H,82,83)/t48-,50+,51-/m0/s1. The maximum Gasteiger partial charge on any atom is 0.326 e. The van der Waals surface area contributed by atoms with Crippen LogP contribution < -0.4 is 37.2 Å². The highest BCUT2D eigenvalue weighted by molar-refractivity contribution is 5.86. The topological polar surface area (TPSA) is 427 Å². The first-order valence-corrected chi connectivity index (χ1v) is 31.5. The summed E-state index contributed by atoms with van der Waals surface area (Å²) in [6, 6.07) is 2.83. The molecule has 3 atom stereocenters. The van der Waals surface area contributed by atoms with Gasteiger partial charge in [0.1, 0.15) is 50.5 Å². The lowest BCUT2D eigenvalue weighted by molar-refractivity contribution is -0.143. The van der Waals surface area contributed by atoms with E-state index in [4.69, 9.17) is 43.0 Å². The third kappa shape index (κ3) is 52.4. The minimum absolute atomic E-state index is 0.0870. The lowest BCUT2D eigenvalue weighted by Crippen LogP contribution is -2.44. The Bertz CT molecular complexity index is 2200. The number of unbranched alkanes of at least 4 members (excludes halogenated alkanes) is 13. The molecule has 518 valence electrons. The van der Waals surface area contributed by atoms with Crippen molar-refractivity contribution in [1.29, 1.82) is 0 Å². The van der Waals surface area contributed by atoms with Crippen LogP contribution in [0.25, 0.3) is 0 Å². The highest BCUT2D eigenvalue weighted by Gasteiger charge is 2.25. The number of carboxylic acid groups (broad SMARTS) is 3. The van der Waals surface area contributed by atoms with Crippen molar-refractivity contribution in [3.05, 3.63) is 29.8 Å².